The van der Waals surface area contributed by atoms with Crippen LogP contribution >= 0.6 is 0 Å². The van der Waals surface area contributed by atoms with Crippen molar-refractivity contribution < 1.29 is 9.21 Å². The largest absolute Gasteiger partial charge is 0.467 e. The lowest BCUT2D eigenvalue weighted by Crippen LogP contribution is -2.29. The molecule has 0 aliphatic heterocycles. The number of nitrogens with one attached hydrogen (secondary N) is 1. The maximum Gasteiger partial charge on any atom is 0.253 e. The van der Waals surface area contributed by atoms with Crippen LogP contribution in [0.4, 0.5) is 0 Å². The quantitative estimate of drug-likeness (QED) is 0.529. The van der Waals surface area contributed by atoms with E-state index in [4.69, 9.17) is 4.42 Å². The molecule has 4 aromatic rings. The maximum atomic E-state index is 13.0. The molecule has 1 unspecified atom stereocenters. The number of aryl methyl sites for hydroxylation is 1. The van der Waals surface area contributed by atoms with Crippen LogP contribution in [0.2, 0.25) is 0 Å². The predicted molar refractivity (Wildman–Crippen MR) is 109 cm³/mol. The highest BCUT2D eigenvalue weighted by atomic mass is 16.3. The second kappa shape index (κ2) is 7.92. The van der Waals surface area contributed by atoms with E-state index in [9.17, 15) is 4.79 Å². The zero-order valence-electron chi connectivity index (χ0n) is 15.5. The van der Waals surface area contributed by atoms with E-state index in [-0.39, 0.29) is 11.9 Å². The minimum atomic E-state index is -0.364. The molecule has 4 rings (SSSR count). The molecular formula is C24H20N2O2. The predicted octanol–water partition coefficient (Wildman–Crippen LogP) is 5.17. The van der Waals surface area contributed by atoms with Crippen molar-refractivity contribution in [3.05, 3.63) is 114 Å². The highest BCUT2D eigenvalue weighted by Crippen LogP contribution is 2.24. The van der Waals surface area contributed by atoms with Gasteiger partial charge in [-0.2, -0.15) is 0 Å². The lowest BCUT2D eigenvalue weighted by Gasteiger charge is -2.18. The molecule has 0 saturated heterocycles. The Bertz CT molecular complexity index is 1060. The highest BCUT2D eigenvalue weighted by Gasteiger charge is 2.21. The van der Waals surface area contributed by atoms with E-state index in [1.165, 1.54) is 0 Å². The monoisotopic (exact) mass is 368 g/mol. The van der Waals surface area contributed by atoms with Crippen LogP contribution < -0.4 is 5.32 Å². The van der Waals surface area contributed by atoms with Crippen molar-refractivity contribution in [2.45, 2.75) is 13.0 Å². The maximum absolute atomic E-state index is 13.0. The fourth-order valence-electron chi connectivity index (χ4n) is 3.20. The van der Waals surface area contributed by atoms with Gasteiger partial charge in [0.05, 0.1) is 23.2 Å². The number of carbonyl (C=O) groups excluding carboxylic acids is 1. The molecule has 1 atom stereocenters. The zero-order valence-corrected chi connectivity index (χ0v) is 15.5. The summed E-state index contributed by atoms with van der Waals surface area (Å²) in [6.45, 7) is 1.85. The van der Waals surface area contributed by atoms with Gasteiger partial charge in [-0.25, -0.2) is 0 Å². The van der Waals surface area contributed by atoms with Crippen LogP contribution in [0.15, 0.2) is 95.6 Å². The number of benzene rings is 2. The molecule has 2 aromatic carbocycles. The summed E-state index contributed by atoms with van der Waals surface area (Å²) >= 11 is 0. The molecule has 0 aliphatic carbocycles. The van der Waals surface area contributed by atoms with Crippen LogP contribution in [0, 0.1) is 6.92 Å². The Morgan fingerprint density at radius 2 is 1.61 bits per heavy atom. The van der Waals surface area contributed by atoms with Gasteiger partial charge in [0.1, 0.15) is 11.8 Å². The van der Waals surface area contributed by atoms with Crippen molar-refractivity contribution in [3.8, 4) is 11.3 Å². The van der Waals surface area contributed by atoms with Gasteiger partial charge >= 0.3 is 0 Å². The first-order valence-electron chi connectivity index (χ1n) is 9.14. The molecular weight excluding hydrogens is 348 g/mol. The molecule has 0 saturated carbocycles. The Hall–Kier alpha value is -3.66. The third kappa shape index (κ3) is 3.71. The van der Waals surface area contributed by atoms with Crippen molar-refractivity contribution in [2.75, 3.05) is 0 Å². The molecule has 0 aliphatic rings. The van der Waals surface area contributed by atoms with Gasteiger partial charge in [0.15, 0.2) is 0 Å². The van der Waals surface area contributed by atoms with E-state index in [0.717, 1.165) is 16.8 Å². The van der Waals surface area contributed by atoms with Gasteiger partial charge in [-0.15, -0.1) is 0 Å². The number of carbonyl (C=O) groups is 1. The molecule has 4 nitrogen and oxygen atoms in total. The van der Waals surface area contributed by atoms with Crippen molar-refractivity contribution in [1.82, 2.24) is 10.3 Å². The fourth-order valence-corrected chi connectivity index (χ4v) is 3.20. The molecule has 0 fully saturated rings. The number of pyridine rings is 1. The minimum Gasteiger partial charge on any atom is -0.467 e. The van der Waals surface area contributed by atoms with E-state index < -0.39 is 0 Å². The summed E-state index contributed by atoms with van der Waals surface area (Å²) in [4.78, 5) is 17.6. The molecule has 0 spiro atoms. The number of nitrogens with zero attached hydrogens (tertiary/aromatic N) is 1. The number of rotatable bonds is 5. The summed E-state index contributed by atoms with van der Waals surface area (Å²) in [5.41, 5.74) is 4.06. The Morgan fingerprint density at radius 1 is 0.893 bits per heavy atom. The normalized spacial score (nSPS) is 11.8. The zero-order chi connectivity index (χ0) is 19.3. The third-order valence-electron chi connectivity index (χ3n) is 4.64. The lowest BCUT2D eigenvalue weighted by atomic mass is 10.0. The first-order chi connectivity index (χ1) is 13.7. The Labute approximate surface area is 163 Å². The summed E-state index contributed by atoms with van der Waals surface area (Å²) in [7, 11) is 0. The third-order valence-corrected chi connectivity index (χ3v) is 4.64. The standard InChI is InChI=1S/C24H20N2O2/c1-17-20(14-15-21(25-17)18-9-4-2-5-10-18)24(27)26-23(22-13-8-16-28-22)19-11-6-3-7-12-19/h2-16,23H,1H3,(H,26,27). The number of hydrogen-bond donors (Lipinski definition) is 1. The Kier molecular flexibility index (Phi) is 5.02. The number of hydrogen-bond acceptors (Lipinski definition) is 3. The molecule has 0 bridgehead atoms. The van der Waals surface area contributed by atoms with Crippen LogP contribution in [-0.2, 0) is 0 Å². The summed E-state index contributed by atoms with van der Waals surface area (Å²) in [6, 6.07) is 26.7. The molecule has 1 amide bonds. The van der Waals surface area contributed by atoms with E-state index in [1.54, 1.807) is 6.26 Å². The van der Waals surface area contributed by atoms with Crippen LogP contribution in [0.5, 0.6) is 0 Å². The summed E-state index contributed by atoms with van der Waals surface area (Å²) in [5, 5.41) is 3.08. The summed E-state index contributed by atoms with van der Waals surface area (Å²) in [5.74, 6) is 0.501. The lowest BCUT2D eigenvalue weighted by molar-refractivity contribution is 0.0938. The van der Waals surface area contributed by atoms with E-state index in [2.05, 4.69) is 10.3 Å². The van der Waals surface area contributed by atoms with Crippen LogP contribution in [-0.4, -0.2) is 10.9 Å². The van der Waals surface area contributed by atoms with Crippen molar-refractivity contribution >= 4 is 5.91 Å². The molecule has 2 aromatic heterocycles. The SMILES string of the molecule is Cc1nc(-c2ccccc2)ccc1C(=O)NC(c1ccccc1)c1ccco1. The van der Waals surface area contributed by atoms with Gasteiger partial charge in [0.25, 0.3) is 5.91 Å². The average molecular weight is 368 g/mol. The van der Waals surface area contributed by atoms with Crippen LogP contribution in [0.3, 0.4) is 0 Å². The van der Waals surface area contributed by atoms with E-state index in [0.29, 0.717) is 17.0 Å². The van der Waals surface area contributed by atoms with E-state index >= 15 is 0 Å². The van der Waals surface area contributed by atoms with Crippen LogP contribution in [0.25, 0.3) is 11.3 Å². The van der Waals surface area contributed by atoms with Gasteiger partial charge in [-0.05, 0) is 36.8 Å². The number of furan rings is 1. The first-order valence-corrected chi connectivity index (χ1v) is 9.14. The molecule has 2 heterocycles. The van der Waals surface area contributed by atoms with Gasteiger partial charge in [-0.1, -0.05) is 60.7 Å². The topological polar surface area (TPSA) is 55.1 Å². The highest BCUT2D eigenvalue weighted by molar-refractivity contribution is 5.96. The number of aromatic nitrogens is 1. The molecule has 1 N–H and O–H groups in total. The molecule has 4 heteroatoms. The van der Waals surface area contributed by atoms with Crippen molar-refractivity contribution in [2.24, 2.45) is 0 Å². The molecule has 28 heavy (non-hydrogen) atoms. The summed E-state index contributed by atoms with van der Waals surface area (Å²) in [6.07, 6.45) is 1.61. The molecule has 0 radical (unpaired) electrons. The molecule has 138 valence electrons. The van der Waals surface area contributed by atoms with Gasteiger partial charge in [-0.3, -0.25) is 9.78 Å². The van der Waals surface area contributed by atoms with Gasteiger partial charge < -0.3 is 9.73 Å². The van der Waals surface area contributed by atoms with E-state index in [1.807, 2.05) is 91.9 Å². The van der Waals surface area contributed by atoms with Gasteiger partial charge in [0.2, 0.25) is 0 Å². The Morgan fingerprint density at radius 3 is 2.25 bits per heavy atom. The van der Waals surface area contributed by atoms with Crippen molar-refractivity contribution in [3.63, 3.8) is 0 Å². The van der Waals surface area contributed by atoms with Crippen LogP contribution in [0.1, 0.15) is 33.4 Å². The Balaban J connectivity index is 1.61. The number of amides is 1. The second-order valence-corrected chi connectivity index (χ2v) is 6.53. The second-order valence-electron chi connectivity index (χ2n) is 6.53. The minimum absolute atomic E-state index is 0.185. The van der Waals surface area contributed by atoms with Crippen molar-refractivity contribution in [1.29, 1.82) is 0 Å². The summed E-state index contributed by atoms with van der Waals surface area (Å²) < 4.78 is 5.56. The first kappa shape index (κ1) is 17.7. The fraction of sp³-hybridized carbons (Fsp3) is 0.0833. The average Bonchev–Trinajstić information content (AvgIpc) is 3.27. The smallest absolute Gasteiger partial charge is 0.253 e. The van der Waals surface area contributed by atoms with Gasteiger partial charge in [0, 0.05) is 5.56 Å².